The number of ether oxygens (including phenoxy) is 2. The number of methoxy groups -OCH3 is 2. The second-order valence-electron chi connectivity index (χ2n) is 4.36. The highest BCUT2D eigenvalue weighted by Gasteiger charge is 2.25. The molecule has 2 N–H and O–H groups in total. The monoisotopic (exact) mass is 267 g/mol. The molecule has 19 heavy (non-hydrogen) atoms. The lowest BCUT2D eigenvalue weighted by Gasteiger charge is -2.21. The second-order valence-corrected chi connectivity index (χ2v) is 4.36. The van der Waals surface area contributed by atoms with Gasteiger partial charge in [-0.2, -0.15) is 0 Å². The lowest BCUT2D eigenvalue weighted by Crippen LogP contribution is -2.35. The molecule has 1 aromatic rings. The SMILES string of the molecule is CCC(C)NC(C(=O)O)c1cc(OC)ccc1OC. The van der Waals surface area contributed by atoms with Crippen molar-refractivity contribution in [3.8, 4) is 11.5 Å². The Morgan fingerprint density at radius 3 is 2.53 bits per heavy atom. The first-order valence-corrected chi connectivity index (χ1v) is 6.24. The molecule has 106 valence electrons. The number of rotatable bonds is 7. The van der Waals surface area contributed by atoms with Crippen LogP contribution in [0.25, 0.3) is 0 Å². The van der Waals surface area contributed by atoms with Gasteiger partial charge >= 0.3 is 5.97 Å². The molecule has 0 heterocycles. The average Bonchev–Trinajstić information content (AvgIpc) is 2.43. The van der Waals surface area contributed by atoms with Gasteiger partial charge in [0, 0.05) is 11.6 Å². The van der Waals surface area contributed by atoms with Gasteiger partial charge < -0.3 is 14.6 Å². The molecule has 2 atom stereocenters. The normalized spacial score (nSPS) is 13.7. The fraction of sp³-hybridized carbons (Fsp3) is 0.500. The van der Waals surface area contributed by atoms with Crippen molar-refractivity contribution in [3.05, 3.63) is 23.8 Å². The molecule has 5 heteroatoms. The summed E-state index contributed by atoms with van der Waals surface area (Å²) in [5.41, 5.74) is 0.564. The molecule has 0 saturated carbocycles. The first-order chi connectivity index (χ1) is 9.03. The summed E-state index contributed by atoms with van der Waals surface area (Å²) in [5, 5.41) is 12.5. The second kappa shape index (κ2) is 6.99. The molecule has 5 nitrogen and oxygen atoms in total. The Morgan fingerprint density at radius 1 is 1.37 bits per heavy atom. The number of carboxylic acids is 1. The third kappa shape index (κ3) is 3.86. The van der Waals surface area contributed by atoms with Crippen molar-refractivity contribution in [3.63, 3.8) is 0 Å². The van der Waals surface area contributed by atoms with Crippen molar-refractivity contribution in [2.24, 2.45) is 0 Å². The van der Waals surface area contributed by atoms with Gasteiger partial charge in [0.1, 0.15) is 17.5 Å². The van der Waals surface area contributed by atoms with Crippen molar-refractivity contribution in [1.82, 2.24) is 5.32 Å². The van der Waals surface area contributed by atoms with Gasteiger partial charge in [0.2, 0.25) is 0 Å². The van der Waals surface area contributed by atoms with Crippen LogP contribution in [-0.4, -0.2) is 31.3 Å². The van der Waals surface area contributed by atoms with E-state index in [1.807, 2.05) is 13.8 Å². The maximum absolute atomic E-state index is 11.5. The van der Waals surface area contributed by atoms with Gasteiger partial charge in [-0.05, 0) is 31.5 Å². The van der Waals surface area contributed by atoms with E-state index in [0.717, 1.165) is 6.42 Å². The summed E-state index contributed by atoms with van der Waals surface area (Å²) in [6.45, 7) is 3.95. The lowest BCUT2D eigenvalue weighted by atomic mass is 10.0. The third-order valence-corrected chi connectivity index (χ3v) is 3.06. The first-order valence-electron chi connectivity index (χ1n) is 6.24. The summed E-state index contributed by atoms with van der Waals surface area (Å²) in [4.78, 5) is 11.5. The maximum Gasteiger partial charge on any atom is 0.325 e. The van der Waals surface area contributed by atoms with Crippen molar-refractivity contribution in [2.75, 3.05) is 14.2 Å². The Labute approximate surface area is 113 Å². The highest BCUT2D eigenvalue weighted by molar-refractivity contribution is 5.77. The molecule has 0 aromatic heterocycles. The summed E-state index contributed by atoms with van der Waals surface area (Å²) in [6.07, 6.45) is 0.843. The molecule has 0 bridgehead atoms. The summed E-state index contributed by atoms with van der Waals surface area (Å²) in [7, 11) is 3.07. The van der Waals surface area contributed by atoms with Gasteiger partial charge in [-0.1, -0.05) is 6.92 Å². The number of benzene rings is 1. The van der Waals surface area contributed by atoms with Crippen LogP contribution in [0.5, 0.6) is 11.5 Å². The van der Waals surface area contributed by atoms with Crippen LogP contribution in [0.1, 0.15) is 31.9 Å². The van der Waals surface area contributed by atoms with Crippen LogP contribution < -0.4 is 14.8 Å². The minimum atomic E-state index is -0.938. The number of hydrogen-bond donors (Lipinski definition) is 2. The molecule has 1 aromatic carbocycles. The number of aliphatic carboxylic acids is 1. The van der Waals surface area contributed by atoms with Crippen LogP contribution in [0.2, 0.25) is 0 Å². The van der Waals surface area contributed by atoms with Gasteiger partial charge in [-0.15, -0.1) is 0 Å². The Hall–Kier alpha value is -1.75. The van der Waals surface area contributed by atoms with Gasteiger partial charge in [0.25, 0.3) is 0 Å². The van der Waals surface area contributed by atoms with E-state index in [1.165, 1.54) is 7.11 Å². The highest BCUT2D eigenvalue weighted by atomic mass is 16.5. The van der Waals surface area contributed by atoms with Gasteiger partial charge in [0.05, 0.1) is 14.2 Å². The Bertz CT molecular complexity index is 433. The van der Waals surface area contributed by atoms with E-state index >= 15 is 0 Å². The van der Waals surface area contributed by atoms with Crippen molar-refractivity contribution in [1.29, 1.82) is 0 Å². The van der Waals surface area contributed by atoms with Gasteiger partial charge in [0.15, 0.2) is 0 Å². The van der Waals surface area contributed by atoms with E-state index < -0.39 is 12.0 Å². The molecule has 0 saturated heterocycles. The molecule has 0 aliphatic heterocycles. The predicted octanol–water partition coefficient (Wildman–Crippen LogP) is 2.22. The third-order valence-electron chi connectivity index (χ3n) is 3.06. The molecular formula is C14H21NO4. The van der Waals surface area contributed by atoms with Crippen LogP contribution in [-0.2, 0) is 4.79 Å². The van der Waals surface area contributed by atoms with Crippen molar-refractivity contribution < 1.29 is 19.4 Å². The molecular weight excluding hydrogens is 246 g/mol. The lowest BCUT2D eigenvalue weighted by molar-refractivity contribution is -0.139. The molecule has 0 amide bonds. The van der Waals surface area contributed by atoms with E-state index in [2.05, 4.69) is 5.32 Å². The highest BCUT2D eigenvalue weighted by Crippen LogP contribution is 2.30. The summed E-state index contributed by atoms with van der Waals surface area (Å²) >= 11 is 0. The van der Waals surface area contributed by atoms with Crippen LogP contribution >= 0.6 is 0 Å². The quantitative estimate of drug-likeness (QED) is 0.793. The van der Waals surface area contributed by atoms with Crippen LogP contribution in [0.15, 0.2) is 18.2 Å². The smallest absolute Gasteiger partial charge is 0.325 e. The first kappa shape index (κ1) is 15.3. The largest absolute Gasteiger partial charge is 0.497 e. The van der Waals surface area contributed by atoms with Crippen LogP contribution in [0, 0.1) is 0 Å². The zero-order valence-electron chi connectivity index (χ0n) is 11.8. The van der Waals surface area contributed by atoms with E-state index in [4.69, 9.17) is 9.47 Å². The minimum Gasteiger partial charge on any atom is -0.497 e. The summed E-state index contributed by atoms with van der Waals surface area (Å²) < 4.78 is 10.4. The van der Waals surface area contributed by atoms with Gasteiger partial charge in [-0.3, -0.25) is 10.1 Å². The Kier molecular flexibility index (Phi) is 5.63. The molecule has 0 spiro atoms. The van der Waals surface area contributed by atoms with Crippen molar-refractivity contribution in [2.45, 2.75) is 32.4 Å². The fourth-order valence-corrected chi connectivity index (χ4v) is 1.76. The van der Waals surface area contributed by atoms with E-state index in [0.29, 0.717) is 17.1 Å². The summed E-state index contributed by atoms with van der Waals surface area (Å²) in [5.74, 6) is 0.198. The standard InChI is InChI=1S/C14H21NO4/c1-5-9(2)15-13(14(16)17)11-8-10(18-3)6-7-12(11)19-4/h6-9,13,15H,5H2,1-4H3,(H,16,17). The Balaban J connectivity index is 3.16. The molecule has 0 aliphatic carbocycles. The topological polar surface area (TPSA) is 67.8 Å². The predicted molar refractivity (Wildman–Crippen MR) is 72.8 cm³/mol. The number of hydrogen-bond acceptors (Lipinski definition) is 4. The van der Waals surface area contributed by atoms with Gasteiger partial charge in [-0.25, -0.2) is 0 Å². The zero-order chi connectivity index (χ0) is 14.4. The van der Waals surface area contributed by atoms with E-state index in [1.54, 1.807) is 25.3 Å². The number of nitrogens with one attached hydrogen (secondary N) is 1. The summed E-state index contributed by atoms with van der Waals surface area (Å²) in [6, 6.07) is 4.41. The average molecular weight is 267 g/mol. The van der Waals surface area contributed by atoms with Crippen molar-refractivity contribution >= 4 is 5.97 Å². The number of carboxylic acid groups (broad SMARTS) is 1. The number of carbonyl (C=O) groups is 1. The van der Waals surface area contributed by atoms with Crippen LogP contribution in [0.3, 0.4) is 0 Å². The van der Waals surface area contributed by atoms with Crippen LogP contribution in [0.4, 0.5) is 0 Å². The zero-order valence-corrected chi connectivity index (χ0v) is 11.8. The molecule has 0 fully saturated rings. The minimum absolute atomic E-state index is 0.0945. The van der Waals surface area contributed by atoms with E-state index in [9.17, 15) is 9.90 Å². The molecule has 1 rings (SSSR count). The molecule has 2 unspecified atom stereocenters. The molecule has 0 radical (unpaired) electrons. The van der Waals surface area contributed by atoms with E-state index in [-0.39, 0.29) is 6.04 Å². The maximum atomic E-state index is 11.5. The Morgan fingerprint density at radius 2 is 2.05 bits per heavy atom. The fourth-order valence-electron chi connectivity index (χ4n) is 1.76. The molecule has 0 aliphatic rings.